The Labute approximate surface area is 167 Å². The molecule has 0 fully saturated rings. The Morgan fingerprint density at radius 1 is 0.966 bits per heavy atom. The number of anilines is 1. The van der Waals surface area contributed by atoms with Crippen molar-refractivity contribution >= 4 is 17.5 Å². The highest BCUT2D eigenvalue weighted by molar-refractivity contribution is 5.92. The number of benzene rings is 2. The molecule has 0 aliphatic carbocycles. The molecule has 1 atom stereocenters. The van der Waals surface area contributed by atoms with Gasteiger partial charge in [-0.25, -0.2) is 13.2 Å². The maximum Gasteiger partial charge on any atom is 0.238 e. The molecule has 0 aliphatic heterocycles. The van der Waals surface area contributed by atoms with Gasteiger partial charge in [0, 0.05) is 0 Å². The highest BCUT2D eigenvalue weighted by atomic mass is 19.2. The van der Waals surface area contributed by atoms with Crippen molar-refractivity contribution < 1.29 is 22.8 Å². The van der Waals surface area contributed by atoms with E-state index in [0.717, 1.165) is 23.3 Å². The summed E-state index contributed by atoms with van der Waals surface area (Å²) >= 11 is 0. The summed E-state index contributed by atoms with van der Waals surface area (Å²) in [5.41, 5.74) is 1.65. The topological polar surface area (TPSA) is 61.4 Å². The molecule has 0 aliphatic rings. The standard InChI is InChI=1S/C21H24F3N3O2/c1-4-16(14-7-5-13(2)6-8-14)25-18(28)11-27(3)12-19(29)26-17-10-9-15(22)20(23)21(17)24/h5-10,16H,4,11-12H2,1-3H3,(H,25,28)(H,26,29)/t16-/m1/s1. The van der Waals surface area contributed by atoms with E-state index in [1.54, 1.807) is 7.05 Å². The third kappa shape index (κ3) is 6.32. The number of hydrogen-bond donors (Lipinski definition) is 2. The van der Waals surface area contributed by atoms with Crippen LogP contribution < -0.4 is 10.6 Å². The minimum atomic E-state index is -1.66. The molecule has 0 radical (unpaired) electrons. The van der Waals surface area contributed by atoms with E-state index in [9.17, 15) is 22.8 Å². The Balaban J connectivity index is 1.88. The van der Waals surface area contributed by atoms with Crippen LogP contribution in [0.4, 0.5) is 18.9 Å². The van der Waals surface area contributed by atoms with Crippen molar-refractivity contribution in [3.8, 4) is 0 Å². The number of nitrogens with one attached hydrogen (secondary N) is 2. The smallest absolute Gasteiger partial charge is 0.238 e. The minimum absolute atomic E-state index is 0.0595. The second kappa shape index (κ2) is 10.1. The number of nitrogens with zero attached hydrogens (tertiary/aromatic N) is 1. The zero-order valence-electron chi connectivity index (χ0n) is 16.6. The number of rotatable bonds is 8. The number of amides is 2. The van der Waals surface area contributed by atoms with Crippen molar-refractivity contribution in [1.29, 1.82) is 0 Å². The largest absolute Gasteiger partial charge is 0.348 e. The minimum Gasteiger partial charge on any atom is -0.348 e. The Morgan fingerprint density at radius 3 is 2.21 bits per heavy atom. The van der Waals surface area contributed by atoms with Crippen molar-refractivity contribution in [3.05, 3.63) is 65.0 Å². The summed E-state index contributed by atoms with van der Waals surface area (Å²) in [5.74, 6) is -5.39. The van der Waals surface area contributed by atoms with Crippen molar-refractivity contribution in [2.24, 2.45) is 0 Å². The number of likely N-dealkylation sites (N-methyl/N-ethyl adjacent to an activating group) is 1. The summed E-state index contributed by atoms with van der Waals surface area (Å²) in [6.45, 7) is 3.65. The predicted molar refractivity (Wildman–Crippen MR) is 105 cm³/mol. The van der Waals surface area contributed by atoms with Crippen LogP contribution >= 0.6 is 0 Å². The van der Waals surface area contributed by atoms with Gasteiger partial charge in [-0.3, -0.25) is 14.5 Å². The van der Waals surface area contributed by atoms with Crippen LogP contribution in [-0.2, 0) is 9.59 Å². The van der Waals surface area contributed by atoms with Crippen LogP contribution in [0, 0.1) is 24.4 Å². The third-order valence-corrected chi connectivity index (χ3v) is 4.36. The number of aryl methyl sites for hydroxylation is 1. The van der Waals surface area contributed by atoms with Crippen LogP contribution in [0.25, 0.3) is 0 Å². The lowest BCUT2D eigenvalue weighted by Gasteiger charge is -2.21. The predicted octanol–water partition coefficient (Wildman–Crippen LogP) is 3.55. The quantitative estimate of drug-likeness (QED) is 0.658. The fourth-order valence-electron chi connectivity index (χ4n) is 2.82. The van der Waals surface area contributed by atoms with Crippen LogP contribution in [0.2, 0.25) is 0 Å². The summed E-state index contributed by atoms with van der Waals surface area (Å²) in [7, 11) is 1.55. The SMILES string of the molecule is CC[C@@H](NC(=O)CN(C)CC(=O)Nc1ccc(F)c(F)c1F)c1ccc(C)cc1. The van der Waals surface area contributed by atoms with Gasteiger partial charge < -0.3 is 10.6 Å². The Bertz CT molecular complexity index is 872. The van der Waals surface area contributed by atoms with E-state index < -0.39 is 29.0 Å². The molecule has 2 aromatic carbocycles. The molecule has 2 rings (SSSR count). The Hall–Kier alpha value is -2.87. The Morgan fingerprint density at radius 2 is 1.59 bits per heavy atom. The monoisotopic (exact) mass is 407 g/mol. The van der Waals surface area contributed by atoms with E-state index in [4.69, 9.17) is 0 Å². The molecule has 0 saturated carbocycles. The van der Waals surface area contributed by atoms with Crippen LogP contribution in [0.5, 0.6) is 0 Å². The molecule has 29 heavy (non-hydrogen) atoms. The normalized spacial score (nSPS) is 12.0. The van der Waals surface area contributed by atoms with Crippen LogP contribution in [0.1, 0.15) is 30.5 Å². The summed E-state index contributed by atoms with van der Waals surface area (Å²) in [6.07, 6.45) is 0.703. The lowest BCUT2D eigenvalue weighted by atomic mass is 10.0. The average Bonchev–Trinajstić information content (AvgIpc) is 2.67. The molecule has 2 amide bonds. The molecule has 0 spiro atoms. The first-order chi connectivity index (χ1) is 13.7. The van der Waals surface area contributed by atoms with Gasteiger partial charge in [0.2, 0.25) is 11.8 Å². The van der Waals surface area contributed by atoms with E-state index in [1.165, 1.54) is 4.90 Å². The molecule has 156 valence electrons. The molecule has 0 saturated heterocycles. The van der Waals surface area contributed by atoms with E-state index in [-0.39, 0.29) is 25.0 Å². The zero-order chi connectivity index (χ0) is 21.6. The molecule has 2 aromatic rings. The molecule has 0 heterocycles. The summed E-state index contributed by atoms with van der Waals surface area (Å²) in [6, 6.07) is 9.36. The lowest BCUT2D eigenvalue weighted by molar-refractivity contribution is -0.123. The molecule has 5 nitrogen and oxygen atoms in total. The van der Waals surface area contributed by atoms with Crippen molar-refractivity contribution in [2.45, 2.75) is 26.3 Å². The number of halogens is 3. The first-order valence-corrected chi connectivity index (χ1v) is 9.19. The highest BCUT2D eigenvalue weighted by Crippen LogP contribution is 2.19. The van der Waals surface area contributed by atoms with E-state index >= 15 is 0 Å². The maximum absolute atomic E-state index is 13.6. The summed E-state index contributed by atoms with van der Waals surface area (Å²) in [4.78, 5) is 25.8. The molecular weight excluding hydrogens is 383 g/mol. The van der Waals surface area contributed by atoms with E-state index in [1.807, 2.05) is 38.1 Å². The third-order valence-electron chi connectivity index (χ3n) is 4.36. The Kier molecular flexibility index (Phi) is 7.78. The van der Waals surface area contributed by atoms with Crippen LogP contribution in [0.3, 0.4) is 0 Å². The van der Waals surface area contributed by atoms with Crippen LogP contribution in [-0.4, -0.2) is 36.9 Å². The van der Waals surface area contributed by atoms with Gasteiger partial charge in [-0.1, -0.05) is 36.8 Å². The first-order valence-electron chi connectivity index (χ1n) is 9.19. The number of carbonyl (C=O) groups is 2. The van der Waals surface area contributed by atoms with Crippen molar-refractivity contribution in [3.63, 3.8) is 0 Å². The van der Waals surface area contributed by atoms with Gasteiger partial charge in [-0.15, -0.1) is 0 Å². The van der Waals surface area contributed by atoms with E-state index in [2.05, 4.69) is 10.6 Å². The summed E-state index contributed by atoms with van der Waals surface area (Å²) < 4.78 is 39.8. The second-order valence-electron chi connectivity index (χ2n) is 6.88. The van der Waals surface area contributed by atoms with Gasteiger partial charge >= 0.3 is 0 Å². The van der Waals surface area contributed by atoms with Gasteiger partial charge in [0.25, 0.3) is 0 Å². The fraction of sp³-hybridized carbons (Fsp3) is 0.333. The van der Waals surface area contributed by atoms with Crippen LogP contribution in [0.15, 0.2) is 36.4 Å². The average molecular weight is 407 g/mol. The van der Waals surface area contributed by atoms with E-state index in [0.29, 0.717) is 6.42 Å². The first kappa shape index (κ1) is 22.4. The maximum atomic E-state index is 13.6. The van der Waals surface area contributed by atoms with Crippen molar-refractivity contribution in [1.82, 2.24) is 10.2 Å². The lowest BCUT2D eigenvalue weighted by Crippen LogP contribution is -2.40. The van der Waals surface area contributed by atoms with Gasteiger partial charge in [0.05, 0.1) is 24.8 Å². The fourth-order valence-corrected chi connectivity index (χ4v) is 2.82. The van der Waals surface area contributed by atoms with Gasteiger partial charge in [0.15, 0.2) is 17.5 Å². The number of carbonyl (C=O) groups excluding carboxylic acids is 2. The van der Waals surface area contributed by atoms with Crippen molar-refractivity contribution in [2.75, 3.05) is 25.5 Å². The molecule has 0 aromatic heterocycles. The molecule has 8 heteroatoms. The second-order valence-corrected chi connectivity index (χ2v) is 6.88. The van der Waals surface area contributed by atoms with Gasteiger partial charge in [-0.2, -0.15) is 0 Å². The molecule has 0 bridgehead atoms. The summed E-state index contributed by atoms with van der Waals surface area (Å²) in [5, 5.41) is 5.09. The van der Waals surface area contributed by atoms with Gasteiger partial charge in [-0.05, 0) is 38.1 Å². The molecule has 2 N–H and O–H groups in total. The molecule has 0 unspecified atom stereocenters. The number of hydrogen-bond acceptors (Lipinski definition) is 3. The highest BCUT2D eigenvalue weighted by Gasteiger charge is 2.18. The zero-order valence-corrected chi connectivity index (χ0v) is 16.6. The molecular formula is C21H24F3N3O2. The van der Waals surface area contributed by atoms with Gasteiger partial charge in [0.1, 0.15) is 0 Å².